The first kappa shape index (κ1) is 21.5. The van der Waals surface area contributed by atoms with Gasteiger partial charge in [-0.05, 0) is 50.3 Å². The molecule has 9 heteroatoms. The molecule has 0 spiro atoms. The normalized spacial score (nSPS) is 17.9. The van der Waals surface area contributed by atoms with Gasteiger partial charge in [-0.25, -0.2) is 9.97 Å². The number of hydrogen-bond donors (Lipinski definition) is 3. The number of thiazole rings is 1. The van der Waals surface area contributed by atoms with Crippen LogP contribution in [0.15, 0.2) is 42.7 Å². The Morgan fingerprint density at radius 2 is 2.03 bits per heavy atom. The third-order valence-electron chi connectivity index (χ3n) is 5.99. The predicted molar refractivity (Wildman–Crippen MR) is 131 cm³/mol. The lowest BCUT2D eigenvalue weighted by atomic mass is 10.1. The van der Waals surface area contributed by atoms with E-state index in [2.05, 4.69) is 21.7 Å². The van der Waals surface area contributed by atoms with E-state index in [-0.39, 0.29) is 12.6 Å². The van der Waals surface area contributed by atoms with Crippen LogP contribution in [0.5, 0.6) is 5.75 Å². The van der Waals surface area contributed by atoms with Crippen molar-refractivity contribution in [2.75, 3.05) is 24.4 Å². The zero-order valence-corrected chi connectivity index (χ0v) is 19.4. The van der Waals surface area contributed by atoms with Crippen molar-refractivity contribution in [2.45, 2.75) is 32.2 Å². The first-order chi connectivity index (χ1) is 16.1. The number of aliphatic hydroxyl groups excluding tert-OH is 1. The van der Waals surface area contributed by atoms with Crippen LogP contribution in [0.3, 0.4) is 0 Å². The molecule has 1 saturated carbocycles. The van der Waals surface area contributed by atoms with Crippen molar-refractivity contribution in [1.82, 2.24) is 19.9 Å². The molecule has 3 aromatic heterocycles. The first-order valence-corrected chi connectivity index (χ1v) is 11.8. The second-order valence-electron chi connectivity index (χ2n) is 8.25. The number of anilines is 3. The highest BCUT2D eigenvalue weighted by Gasteiger charge is 2.26. The van der Waals surface area contributed by atoms with Gasteiger partial charge < -0.3 is 20.5 Å². The lowest BCUT2D eigenvalue weighted by Gasteiger charge is -2.18. The molecule has 8 nitrogen and oxygen atoms in total. The molecule has 1 aliphatic carbocycles. The van der Waals surface area contributed by atoms with E-state index in [1.54, 1.807) is 30.8 Å². The summed E-state index contributed by atoms with van der Waals surface area (Å²) >= 11 is 1.64. The first-order valence-electron chi connectivity index (χ1n) is 11.0. The van der Waals surface area contributed by atoms with Crippen LogP contribution >= 0.6 is 11.3 Å². The van der Waals surface area contributed by atoms with Crippen molar-refractivity contribution in [3.05, 3.63) is 48.4 Å². The number of benzene rings is 1. The number of nitrogens with zero attached hydrogens (tertiary/aromatic N) is 4. The van der Waals surface area contributed by atoms with Crippen LogP contribution in [0.1, 0.15) is 25.0 Å². The largest absolute Gasteiger partial charge is 0.493 e. The number of aromatic nitrogens is 4. The Bertz CT molecular complexity index is 1240. The summed E-state index contributed by atoms with van der Waals surface area (Å²) < 4.78 is 6.54. The molecule has 0 saturated heterocycles. The number of pyridine rings is 1. The number of fused-ring (bicyclic) bond motifs is 1. The zero-order valence-electron chi connectivity index (χ0n) is 18.6. The van der Waals surface area contributed by atoms with Crippen LogP contribution in [0, 0.1) is 12.8 Å². The second-order valence-corrected chi connectivity index (χ2v) is 9.28. The smallest absolute Gasteiger partial charge is 0.229 e. The van der Waals surface area contributed by atoms with Gasteiger partial charge in [0.25, 0.3) is 0 Å². The summed E-state index contributed by atoms with van der Waals surface area (Å²) in [5.41, 5.74) is 3.45. The van der Waals surface area contributed by atoms with Crippen LogP contribution in [-0.4, -0.2) is 44.8 Å². The summed E-state index contributed by atoms with van der Waals surface area (Å²) in [5, 5.41) is 17.4. The van der Waals surface area contributed by atoms with Gasteiger partial charge in [-0.1, -0.05) is 12.1 Å². The van der Waals surface area contributed by atoms with Crippen molar-refractivity contribution < 1.29 is 9.84 Å². The minimum atomic E-state index is 0.223. The Balaban J connectivity index is 1.55. The van der Waals surface area contributed by atoms with Gasteiger partial charge in [0.05, 0.1) is 40.5 Å². The van der Waals surface area contributed by atoms with Gasteiger partial charge in [-0.15, -0.1) is 11.3 Å². The number of ether oxygens (including phenoxy) is 1. The molecule has 0 radical (unpaired) electrons. The van der Waals surface area contributed by atoms with E-state index in [0.29, 0.717) is 17.6 Å². The topological polar surface area (TPSA) is 105 Å². The average Bonchev–Trinajstić information content (AvgIpc) is 3.45. The van der Waals surface area contributed by atoms with Gasteiger partial charge in [0.15, 0.2) is 5.75 Å². The maximum absolute atomic E-state index is 9.58. The molecule has 2 atom stereocenters. The molecule has 0 amide bonds. The summed E-state index contributed by atoms with van der Waals surface area (Å²) in [6.07, 6.45) is 6.26. The fraction of sp³-hybridized carbons (Fsp3) is 0.333. The van der Waals surface area contributed by atoms with E-state index in [4.69, 9.17) is 19.7 Å². The fourth-order valence-corrected chi connectivity index (χ4v) is 5.36. The van der Waals surface area contributed by atoms with E-state index in [1.165, 1.54) is 0 Å². The number of hydrogen-bond acceptors (Lipinski definition) is 9. The van der Waals surface area contributed by atoms with Gasteiger partial charge in [0, 0.05) is 18.8 Å². The van der Waals surface area contributed by atoms with Crippen LogP contribution in [0.2, 0.25) is 0 Å². The van der Waals surface area contributed by atoms with Crippen LogP contribution in [-0.2, 0) is 0 Å². The summed E-state index contributed by atoms with van der Waals surface area (Å²) in [5.74, 6) is 2.17. The molecule has 1 fully saturated rings. The predicted octanol–water partition coefficient (Wildman–Crippen LogP) is 4.78. The van der Waals surface area contributed by atoms with Crippen molar-refractivity contribution in [3.8, 4) is 16.3 Å². The van der Waals surface area contributed by atoms with Crippen LogP contribution in [0.25, 0.3) is 20.8 Å². The van der Waals surface area contributed by atoms with Gasteiger partial charge in [0.1, 0.15) is 10.8 Å². The van der Waals surface area contributed by atoms with Crippen molar-refractivity contribution >= 4 is 39.0 Å². The quantitative estimate of drug-likeness (QED) is 0.360. The van der Waals surface area contributed by atoms with Gasteiger partial charge in [-0.2, -0.15) is 4.98 Å². The molecule has 1 unspecified atom stereocenters. The van der Waals surface area contributed by atoms with E-state index >= 15 is 0 Å². The molecule has 33 heavy (non-hydrogen) atoms. The van der Waals surface area contributed by atoms with Crippen LogP contribution < -0.4 is 15.4 Å². The summed E-state index contributed by atoms with van der Waals surface area (Å²) in [6, 6.07) is 10.2. The maximum atomic E-state index is 9.58. The number of para-hydroxylation sites is 1. The summed E-state index contributed by atoms with van der Waals surface area (Å²) in [6.45, 7) is 2.20. The molecule has 1 aromatic carbocycles. The Morgan fingerprint density at radius 3 is 2.82 bits per heavy atom. The van der Waals surface area contributed by atoms with Crippen molar-refractivity contribution in [3.63, 3.8) is 0 Å². The summed E-state index contributed by atoms with van der Waals surface area (Å²) in [7, 11) is 1.61. The number of aliphatic hydroxyl groups is 1. The zero-order chi connectivity index (χ0) is 22.8. The van der Waals surface area contributed by atoms with Gasteiger partial charge >= 0.3 is 0 Å². The van der Waals surface area contributed by atoms with Crippen LogP contribution in [0.4, 0.5) is 17.5 Å². The molecule has 0 aliphatic heterocycles. The highest BCUT2D eigenvalue weighted by molar-refractivity contribution is 7.21. The van der Waals surface area contributed by atoms with E-state index in [1.807, 2.05) is 31.2 Å². The monoisotopic (exact) mass is 462 g/mol. The van der Waals surface area contributed by atoms with Crippen molar-refractivity contribution in [2.24, 2.45) is 5.92 Å². The standard InChI is InChI=1S/C24H26N6O2S/c1-14-21(23-28-18-5-3-4-6-20(18)33-23)22(27-16-8-7-15(11-16)13-31)30-24(26-14)29-17-9-10-25-12-19(17)32-2/h3-6,9-10,12,15-16,31H,7-8,11,13H2,1-2H3,(H2,25,26,27,29,30)/t15?,16-/m0/s1. The molecule has 1 aliphatic rings. The Labute approximate surface area is 196 Å². The highest BCUT2D eigenvalue weighted by atomic mass is 32.1. The Morgan fingerprint density at radius 1 is 1.15 bits per heavy atom. The third-order valence-corrected chi connectivity index (χ3v) is 7.04. The summed E-state index contributed by atoms with van der Waals surface area (Å²) in [4.78, 5) is 18.6. The minimum Gasteiger partial charge on any atom is -0.493 e. The molecule has 0 bridgehead atoms. The molecule has 3 heterocycles. The fourth-order valence-electron chi connectivity index (χ4n) is 4.30. The average molecular weight is 463 g/mol. The lowest BCUT2D eigenvalue weighted by Crippen LogP contribution is -2.19. The number of methoxy groups -OCH3 is 1. The molecule has 3 N–H and O–H groups in total. The molecule has 4 aromatic rings. The second kappa shape index (κ2) is 9.29. The third kappa shape index (κ3) is 4.46. The molecular weight excluding hydrogens is 436 g/mol. The number of nitrogens with one attached hydrogen (secondary N) is 2. The van der Waals surface area contributed by atoms with E-state index in [0.717, 1.165) is 57.2 Å². The molecule has 170 valence electrons. The Kier molecular flexibility index (Phi) is 6.06. The Hall–Kier alpha value is -3.30. The van der Waals surface area contributed by atoms with E-state index < -0.39 is 0 Å². The van der Waals surface area contributed by atoms with Gasteiger partial charge in [0.2, 0.25) is 5.95 Å². The maximum Gasteiger partial charge on any atom is 0.229 e. The number of rotatable bonds is 7. The molecule has 5 rings (SSSR count). The number of aryl methyl sites for hydroxylation is 1. The van der Waals surface area contributed by atoms with Crippen molar-refractivity contribution in [1.29, 1.82) is 0 Å². The SMILES string of the molecule is COc1cnccc1Nc1nc(C)c(-c2nc3ccccc3s2)c(N[C@H]2CCC(CO)C2)n1. The highest BCUT2D eigenvalue weighted by Crippen LogP contribution is 2.38. The van der Waals surface area contributed by atoms with Gasteiger partial charge in [-0.3, -0.25) is 4.98 Å². The molecular formula is C24H26N6O2S. The minimum absolute atomic E-state index is 0.223. The lowest BCUT2D eigenvalue weighted by molar-refractivity contribution is 0.229. The van der Waals surface area contributed by atoms with E-state index in [9.17, 15) is 5.11 Å².